The Balaban J connectivity index is 2.89. The molecule has 0 saturated heterocycles. The van der Waals surface area contributed by atoms with Gasteiger partial charge in [0.2, 0.25) is 0 Å². The third-order valence-corrected chi connectivity index (χ3v) is 3.13. The molecule has 3 heteroatoms. The molecule has 0 amide bonds. The van der Waals surface area contributed by atoms with E-state index in [1.807, 2.05) is 18.2 Å². The zero-order valence-electron chi connectivity index (χ0n) is 6.39. The summed E-state index contributed by atoms with van der Waals surface area (Å²) in [6.45, 7) is 3.83. The van der Waals surface area contributed by atoms with Crippen molar-refractivity contribution < 1.29 is 0 Å². The molecule has 0 unspecified atom stereocenters. The highest BCUT2D eigenvalue weighted by molar-refractivity contribution is 14.1. The van der Waals surface area contributed by atoms with Crippen molar-refractivity contribution in [2.75, 3.05) is 0 Å². The highest BCUT2D eigenvalue weighted by Crippen LogP contribution is 2.32. The molecular weight excluding hydrogens is 303 g/mol. The second kappa shape index (κ2) is 5.14. The van der Waals surface area contributed by atoms with Crippen molar-refractivity contribution in [3.05, 3.63) is 39.3 Å². The maximum absolute atomic E-state index is 5.77. The first-order valence-corrected chi connectivity index (χ1v) is 5.83. The number of halogens is 2. The maximum Gasteiger partial charge on any atom is 0.0485 e. The number of alkyl halides is 1. The fourth-order valence-corrected chi connectivity index (χ4v) is 2.51. The van der Waals surface area contributed by atoms with Gasteiger partial charge in [0.25, 0.3) is 0 Å². The third-order valence-electron chi connectivity index (χ3n) is 1.34. The van der Waals surface area contributed by atoms with Crippen molar-refractivity contribution in [1.82, 2.24) is 0 Å². The first-order chi connectivity index (χ1) is 5.74. The Morgan fingerprint density at radius 3 is 2.75 bits per heavy atom. The van der Waals surface area contributed by atoms with E-state index >= 15 is 0 Å². The zero-order chi connectivity index (χ0) is 8.97. The first kappa shape index (κ1) is 10.4. The molecule has 0 bridgehead atoms. The monoisotopic (exact) mass is 310 g/mol. The summed E-state index contributed by atoms with van der Waals surface area (Å²) >= 11 is 9.63. The lowest BCUT2D eigenvalue weighted by Crippen LogP contribution is -1.80. The summed E-state index contributed by atoms with van der Waals surface area (Å²) in [5.74, 6) is 0.563. The average molecular weight is 311 g/mol. The molecule has 0 aromatic heterocycles. The van der Waals surface area contributed by atoms with E-state index in [2.05, 4.69) is 35.2 Å². The van der Waals surface area contributed by atoms with Gasteiger partial charge in [-0.1, -0.05) is 36.5 Å². The van der Waals surface area contributed by atoms with Crippen molar-refractivity contribution in [2.24, 2.45) is 0 Å². The number of thioether (sulfide) groups is 1. The molecule has 0 N–H and O–H groups in total. The second-order valence-corrected chi connectivity index (χ2v) is 5.64. The largest absolute Gasteiger partial charge is 0.122 e. The van der Waals surface area contributed by atoms with Crippen LogP contribution >= 0.6 is 46.0 Å². The van der Waals surface area contributed by atoms with E-state index in [0.717, 1.165) is 2.91 Å². The van der Waals surface area contributed by atoms with Crippen LogP contribution in [0.3, 0.4) is 0 Å². The van der Waals surface area contributed by atoms with Gasteiger partial charge < -0.3 is 0 Å². The van der Waals surface area contributed by atoms with Gasteiger partial charge in [-0.05, 0) is 34.2 Å². The summed E-state index contributed by atoms with van der Waals surface area (Å²) in [6.07, 6.45) is 0. The molecular formula is C9H8ClIS. The van der Waals surface area contributed by atoms with Gasteiger partial charge in [0, 0.05) is 13.7 Å². The fraction of sp³-hybridized carbons (Fsp3) is 0.111. The van der Waals surface area contributed by atoms with Crippen molar-refractivity contribution in [3.63, 3.8) is 0 Å². The Labute approximate surface area is 95.5 Å². The third kappa shape index (κ3) is 2.99. The summed E-state index contributed by atoms with van der Waals surface area (Å²) in [6, 6.07) is 8.11. The van der Waals surface area contributed by atoms with Gasteiger partial charge in [0.15, 0.2) is 0 Å². The van der Waals surface area contributed by atoms with E-state index in [-0.39, 0.29) is 0 Å². The summed E-state index contributed by atoms with van der Waals surface area (Å²) in [5, 5.41) is 0. The highest BCUT2D eigenvalue weighted by atomic mass is 127. The fourth-order valence-electron chi connectivity index (χ4n) is 0.833. The van der Waals surface area contributed by atoms with Crippen LogP contribution in [0.4, 0.5) is 0 Å². The Hall–Kier alpha value is 0.330. The number of benzene rings is 1. The van der Waals surface area contributed by atoms with Gasteiger partial charge in [0.05, 0.1) is 0 Å². The molecule has 12 heavy (non-hydrogen) atoms. The van der Waals surface area contributed by atoms with Crippen molar-refractivity contribution in [1.29, 1.82) is 0 Å². The second-order valence-electron chi connectivity index (χ2n) is 2.20. The maximum atomic E-state index is 5.77. The molecule has 0 saturated carbocycles. The van der Waals surface area contributed by atoms with Crippen LogP contribution in [-0.4, -0.2) is 0 Å². The lowest BCUT2D eigenvalue weighted by Gasteiger charge is -2.03. The molecule has 64 valence electrons. The van der Waals surface area contributed by atoms with Gasteiger partial charge >= 0.3 is 0 Å². The predicted molar refractivity (Wildman–Crippen MR) is 65.0 cm³/mol. The molecule has 0 spiro atoms. The van der Waals surface area contributed by atoms with Gasteiger partial charge in [-0.3, -0.25) is 0 Å². The normalized spacial score (nSPS) is 9.83. The Morgan fingerprint density at radius 2 is 2.17 bits per heavy atom. The molecule has 1 rings (SSSR count). The van der Waals surface area contributed by atoms with E-state index in [4.69, 9.17) is 11.6 Å². The van der Waals surface area contributed by atoms with Crippen molar-refractivity contribution >= 4 is 46.0 Å². The van der Waals surface area contributed by atoms with Crippen LogP contribution < -0.4 is 0 Å². The number of rotatable bonds is 3. The summed E-state index contributed by atoms with van der Waals surface area (Å²) in [5.41, 5.74) is 1.17. The van der Waals surface area contributed by atoms with Crippen LogP contribution in [0.1, 0.15) is 5.56 Å². The molecule has 0 nitrogen and oxygen atoms in total. The Morgan fingerprint density at radius 1 is 1.50 bits per heavy atom. The van der Waals surface area contributed by atoms with E-state index in [0.29, 0.717) is 5.88 Å². The van der Waals surface area contributed by atoms with Gasteiger partial charge in [-0.15, -0.1) is 11.6 Å². The minimum absolute atomic E-state index is 0.563. The quantitative estimate of drug-likeness (QED) is 0.452. The topological polar surface area (TPSA) is 0 Å². The first-order valence-electron chi connectivity index (χ1n) is 3.40. The SMILES string of the molecule is C=C(I)Sc1ccccc1CCl. The minimum Gasteiger partial charge on any atom is -0.122 e. The van der Waals surface area contributed by atoms with E-state index in [1.54, 1.807) is 11.8 Å². The molecule has 0 radical (unpaired) electrons. The molecule has 0 atom stereocenters. The number of hydrogen-bond donors (Lipinski definition) is 0. The molecule has 0 aliphatic rings. The summed E-state index contributed by atoms with van der Waals surface area (Å²) < 4.78 is 1.06. The zero-order valence-corrected chi connectivity index (χ0v) is 10.1. The smallest absolute Gasteiger partial charge is 0.0485 e. The average Bonchev–Trinajstić information content (AvgIpc) is 2.04. The molecule has 1 aromatic rings. The van der Waals surface area contributed by atoms with Crippen molar-refractivity contribution in [3.8, 4) is 0 Å². The van der Waals surface area contributed by atoms with Crippen LogP contribution in [0.2, 0.25) is 0 Å². The van der Waals surface area contributed by atoms with Crippen LogP contribution in [-0.2, 0) is 5.88 Å². The van der Waals surface area contributed by atoms with Crippen LogP contribution in [0.5, 0.6) is 0 Å². The lowest BCUT2D eigenvalue weighted by atomic mass is 10.2. The lowest BCUT2D eigenvalue weighted by molar-refractivity contribution is 1.27. The van der Waals surface area contributed by atoms with Crippen LogP contribution in [0, 0.1) is 0 Å². The molecule has 0 fully saturated rings. The van der Waals surface area contributed by atoms with Gasteiger partial charge in [-0.2, -0.15) is 0 Å². The van der Waals surface area contributed by atoms with E-state index in [9.17, 15) is 0 Å². The molecule has 0 aliphatic heterocycles. The Kier molecular flexibility index (Phi) is 4.46. The van der Waals surface area contributed by atoms with E-state index in [1.165, 1.54) is 10.5 Å². The molecule has 0 heterocycles. The van der Waals surface area contributed by atoms with Gasteiger partial charge in [0.1, 0.15) is 0 Å². The van der Waals surface area contributed by atoms with Gasteiger partial charge in [-0.25, -0.2) is 0 Å². The van der Waals surface area contributed by atoms with E-state index < -0.39 is 0 Å². The summed E-state index contributed by atoms with van der Waals surface area (Å²) in [7, 11) is 0. The molecule has 1 aromatic carbocycles. The minimum atomic E-state index is 0.563. The van der Waals surface area contributed by atoms with Crippen molar-refractivity contribution in [2.45, 2.75) is 10.8 Å². The van der Waals surface area contributed by atoms with Crippen LogP contribution in [0.15, 0.2) is 38.7 Å². The standard InChI is InChI=1S/C9H8ClIS/c1-7(11)12-9-5-3-2-4-8(9)6-10/h2-5H,1,6H2. The Bertz CT molecular complexity index is 286. The number of hydrogen-bond acceptors (Lipinski definition) is 1. The van der Waals surface area contributed by atoms with Crippen LogP contribution in [0.25, 0.3) is 0 Å². The highest BCUT2D eigenvalue weighted by Gasteiger charge is 2.00. The molecule has 0 aliphatic carbocycles. The summed E-state index contributed by atoms with van der Waals surface area (Å²) in [4.78, 5) is 1.20. The predicted octanol–water partition coefficient (Wildman–Crippen LogP) is 4.42.